The third-order valence-electron chi connectivity index (χ3n) is 2.99. The van der Waals surface area contributed by atoms with Gasteiger partial charge in [-0.3, -0.25) is 15.1 Å². The van der Waals surface area contributed by atoms with Crippen molar-refractivity contribution in [2.45, 2.75) is 13.8 Å². The Morgan fingerprint density at radius 2 is 2.15 bits per heavy atom. The number of para-hydroxylation sites is 1. The number of amides is 1. The van der Waals surface area contributed by atoms with E-state index in [4.69, 9.17) is 0 Å². The first kappa shape index (κ1) is 12.2. The van der Waals surface area contributed by atoms with Crippen molar-refractivity contribution in [2.75, 3.05) is 5.32 Å². The number of fused-ring (bicyclic) bond motifs is 1. The highest BCUT2D eigenvalue weighted by Crippen LogP contribution is 2.21. The van der Waals surface area contributed by atoms with E-state index in [1.54, 1.807) is 6.07 Å². The van der Waals surface area contributed by atoms with Crippen molar-refractivity contribution in [2.24, 2.45) is 0 Å². The molecule has 0 saturated carbocycles. The number of nitrogens with one attached hydrogen (secondary N) is 2. The number of carbonyl (C=O) groups excluding carboxylic acids is 1. The molecular formula is C13H12N6O. The van der Waals surface area contributed by atoms with Crippen molar-refractivity contribution in [1.29, 1.82) is 0 Å². The number of tetrazole rings is 1. The van der Waals surface area contributed by atoms with Gasteiger partial charge in [0.25, 0.3) is 11.9 Å². The zero-order valence-electron chi connectivity index (χ0n) is 11.0. The largest absolute Gasteiger partial charge is 0.288 e. The molecule has 0 saturated heterocycles. The smallest absolute Gasteiger partial charge is 0.270 e. The maximum absolute atomic E-state index is 12.3. The first-order chi connectivity index (χ1) is 9.65. The van der Waals surface area contributed by atoms with Gasteiger partial charge in [0.05, 0.1) is 11.1 Å². The Morgan fingerprint density at radius 3 is 2.90 bits per heavy atom. The monoisotopic (exact) mass is 268 g/mol. The molecule has 7 heteroatoms. The van der Waals surface area contributed by atoms with Gasteiger partial charge in [-0.1, -0.05) is 17.2 Å². The summed E-state index contributed by atoms with van der Waals surface area (Å²) in [6.45, 7) is 3.90. The first-order valence-electron chi connectivity index (χ1n) is 6.07. The fraction of sp³-hybridized carbons (Fsp3) is 0.154. The van der Waals surface area contributed by atoms with Gasteiger partial charge in [0.2, 0.25) is 0 Å². The van der Waals surface area contributed by atoms with E-state index in [0.29, 0.717) is 11.1 Å². The van der Waals surface area contributed by atoms with E-state index in [-0.39, 0.29) is 11.9 Å². The molecule has 1 aromatic carbocycles. The van der Waals surface area contributed by atoms with E-state index < -0.39 is 0 Å². The van der Waals surface area contributed by atoms with E-state index in [2.05, 4.69) is 30.9 Å². The zero-order chi connectivity index (χ0) is 14.1. The van der Waals surface area contributed by atoms with Crippen molar-refractivity contribution in [3.8, 4) is 0 Å². The highest BCUT2D eigenvalue weighted by molar-refractivity contribution is 6.11. The van der Waals surface area contributed by atoms with Crippen LogP contribution in [0.1, 0.15) is 21.6 Å². The number of aromatic nitrogens is 5. The van der Waals surface area contributed by atoms with Gasteiger partial charge in [0.1, 0.15) is 0 Å². The van der Waals surface area contributed by atoms with Crippen molar-refractivity contribution >= 4 is 22.8 Å². The average Bonchev–Trinajstić information content (AvgIpc) is 2.90. The second-order valence-electron chi connectivity index (χ2n) is 4.47. The molecule has 2 aromatic heterocycles. The van der Waals surface area contributed by atoms with Crippen LogP contribution in [-0.2, 0) is 0 Å². The van der Waals surface area contributed by atoms with Crippen LogP contribution in [0.3, 0.4) is 0 Å². The lowest BCUT2D eigenvalue weighted by atomic mass is 10.0. The molecular weight excluding hydrogens is 256 g/mol. The quantitative estimate of drug-likeness (QED) is 0.736. The third-order valence-corrected chi connectivity index (χ3v) is 2.99. The highest BCUT2D eigenvalue weighted by atomic mass is 16.1. The van der Waals surface area contributed by atoms with Gasteiger partial charge >= 0.3 is 0 Å². The summed E-state index contributed by atoms with van der Waals surface area (Å²) in [5.74, 6) is -0.175. The lowest BCUT2D eigenvalue weighted by Gasteiger charge is -2.08. The molecule has 0 fully saturated rings. The SMILES string of the molecule is Cc1cc(C)c2cccc(C(=O)Nc3nn[nH]n3)c2n1. The number of aromatic amines is 1. The lowest BCUT2D eigenvalue weighted by molar-refractivity contribution is 0.102. The van der Waals surface area contributed by atoms with Gasteiger partial charge < -0.3 is 0 Å². The van der Waals surface area contributed by atoms with Gasteiger partial charge in [-0.25, -0.2) is 0 Å². The summed E-state index contributed by atoms with van der Waals surface area (Å²) < 4.78 is 0. The molecule has 3 rings (SSSR count). The van der Waals surface area contributed by atoms with Crippen LogP contribution in [0.4, 0.5) is 5.95 Å². The number of pyridine rings is 1. The molecule has 0 aliphatic heterocycles. The van der Waals surface area contributed by atoms with Crippen molar-refractivity contribution in [3.63, 3.8) is 0 Å². The Bertz CT molecular complexity index is 781. The summed E-state index contributed by atoms with van der Waals surface area (Å²) in [6.07, 6.45) is 0. The normalized spacial score (nSPS) is 10.7. The van der Waals surface area contributed by atoms with Crippen molar-refractivity contribution in [3.05, 3.63) is 41.1 Å². The number of anilines is 1. The highest BCUT2D eigenvalue weighted by Gasteiger charge is 2.14. The molecule has 3 aromatic rings. The molecule has 0 bridgehead atoms. The predicted molar refractivity (Wildman–Crippen MR) is 73.3 cm³/mol. The maximum Gasteiger partial charge on any atom is 0.270 e. The van der Waals surface area contributed by atoms with E-state index in [9.17, 15) is 4.79 Å². The van der Waals surface area contributed by atoms with Crippen LogP contribution in [0.5, 0.6) is 0 Å². The second-order valence-corrected chi connectivity index (χ2v) is 4.47. The zero-order valence-corrected chi connectivity index (χ0v) is 11.0. The molecule has 100 valence electrons. The van der Waals surface area contributed by atoms with Crippen LogP contribution >= 0.6 is 0 Å². The molecule has 2 N–H and O–H groups in total. The first-order valence-corrected chi connectivity index (χ1v) is 6.07. The number of hydrogen-bond donors (Lipinski definition) is 2. The molecule has 20 heavy (non-hydrogen) atoms. The summed E-state index contributed by atoms with van der Waals surface area (Å²) in [4.78, 5) is 16.7. The predicted octanol–water partition coefficient (Wildman–Crippen LogP) is 1.62. The van der Waals surface area contributed by atoms with Gasteiger partial charge in [0, 0.05) is 11.1 Å². The number of H-pyrrole nitrogens is 1. The minimum atomic E-state index is -0.311. The van der Waals surface area contributed by atoms with Crippen LogP contribution in [0.15, 0.2) is 24.3 Å². The van der Waals surface area contributed by atoms with Gasteiger partial charge in [0.15, 0.2) is 0 Å². The van der Waals surface area contributed by atoms with Gasteiger partial charge in [-0.05, 0) is 36.8 Å². The minimum absolute atomic E-state index is 0.136. The van der Waals surface area contributed by atoms with Crippen molar-refractivity contribution < 1.29 is 4.79 Å². The second kappa shape index (κ2) is 4.69. The van der Waals surface area contributed by atoms with Crippen LogP contribution in [0.25, 0.3) is 10.9 Å². The molecule has 7 nitrogen and oxygen atoms in total. The number of carbonyl (C=O) groups is 1. The summed E-state index contributed by atoms with van der Waals surface area (Å²) in [7, 11) is 0. The molecule has 2 heterocycles. The van der Waals surface area contributed by atoms with Gasteiger partial charge in [-0.2, -0.15) is 5.21 Å². The van der Waals surface area contributed by atoms with Crippen LogP contribution < -0.4 is 5.32 Å². The number of hydrogen-bond acceptors (Lipinski definition) is 5. The summed E-state index contributed by atoms with van der Waals surface area (Å²) in [6, 6.07) is 7.49. The molecule has 0 atom stereocenters. The van der Waals surface area contributed by atoms with Gasteiger partial charge in [-0.15, -0.1) is 5.10 Å². The van der Waals surface area contributed by atoms with Crippen LogP contribution in [0.2, 0.25) is 0 Å². The Hall–Kier alpha value is -2.83. The van der Waals surface area contributed by atoms with E-state index >= 15 is 0 Å². The Morgan fingerprint density at radius 1 is 1.30 bits per heavy atom. The lowest BCUT2D eigenvalue weighted by Crippen LogP contribution is -2.14. The molecule has 0 radical (unpaired) electrons. The molecule has 0 aliphatic rings. The summed E-state index contributed by atoms with van der Waals surface area (Å²) >= 11 is 0. The van der Waals surface area contributed by atoms with E-state index in [0.717, 1.165) is 16.6 Å². The summed E-state index contributed by atoms with van der Waals surface area (Å²) in [5, 5.41) is 16.6. The minimum Gasteiger partial charge on any atom is -0.288 e. The van der Waals surface area contributed by atoms with E-state index in [1.807, 2.05) is 32.0 Å². The molecule has 0 spiro atoms. The standard InChI is InChI=1S/C13H12N6O/c1-7-6-8(2)14-11-9(7)4-3-5-10(11)12(20)15-13-16-18-19-17-13/h3-6H,1-2H3,(H2,15,16,17,18,19,20). The Labute approximate surface area is 114 Å². The van der Waals surface area contributed by atoms with Crippen LogP contribution in [-0.4, -0.2) is 31.5 Å². The fourth-order valence-electron chi connectivity index (χ4n) is 2.15. The number of rotatable bonds is 2. The maximum atomic E-state index is 12.3. The topological polar surface area (TPSA) is 96.5 Å². The fourth-order valence-corrected chi connectivity index (χ4v) is 2.15. The number of aryl methyl sites for hydroxylation is 2. The third kappa shape index (κ3) is 2.09. The van der Waals surface area contributed by atoms with E-state index in [1.165, 1.54) is 0 Å². The van der Waals surface area contributed by atoms with Crippen LogP contribution in [0, 0.1) is 13.8 Å². The Kier molecular flexibility index (Phi) is 2.86. The average molecular weight is 268 g/mol. The number of nitrogens with zero attached hydrogens (tertiary/aromatic N) is 4. The molecule has 0 unspecified atom stereocenters. The molecule has 1 amide bonds. The van der Waals surface area contributed by atoms with Crippen molar-refractivity contribution in [1.82, 2.24) is 25.6 Å². The summed E-state index contributed by atoms with van der Waals surface area (Å²) in [5.41, 5.74) is 3.11. The Balaban J connectivity index is 2.09. The molecule has 0 aliphatic carbocycles. The number of benzene rings is 1.